The van der Waals surface area contributed by atoms with Gasteiger partial charge in [0.05, 0.1) is 10.8 Å². The zero-order valence-corrected chi connectivity index (χ0v) is 14.2. The van der Waals surface area contributed by atoms with Crippen molar-refractivity contribution >= 4 is 33.4 Å². The molecule has 2 aromatic heterocycles. The number of carbonyl (C=O) groups is 2. The fraction of sp³-hybridized carbons (Fsp3) is 0.500. The Balaban J connectivity index is 1.89. The molecule has 0 radical (unpaired) electrons. The Bertz CT molecular complexity index is 791. The Kier molecular flexibility index (Phi) is 4.06. The summed E-state index contributed by atoms with van der Waals surface area (Å²) in [6, 6.07) is 0. The van der Waals surface area contributed by atoms with Crippen molar-refractivity contribution in [1.29, 1.82) is 0 Å². The van der Waals surface area contributed by atoms with E-state index in [2.05, 4.69) is 9.97 Å². The van der Waals surface area contributed by atoms with Crippen molar-refractivity contribution < 1.29 is 14.7 Å². The van der Waals surface area contributed by atoms with Gasteiger partial charge in [-0.25, -0.2) is 9.97 Å². The Morgan fingerprint density at radius 2 is 1.83 bits per heavy atom. The molecular formula is C16H19N3O3S. The van der Waals surface area contributed by atoms with E-state index in [0.29, 0.717) is 36.6 Å². The van der Waals surface area contributed by atoms with Crippen LogP contribution < -0.4 is 0 Å². The van der Waals surface area contributed by atoms with Crippen molar-refractivity contribution in [2.75, 3.05) is 13.1 Å². The van der Waals surface area contributed by atoms with Crippen molar-refractivity contribution in [2.24, 2.45) is 5.92 Å². The van der Waals surface area contributed by atoms with Gasteiger partial charge in [0, 0.05) is 24.2 Å². The fourth-order valence-electron chi connectivity index (χ4n) is 3.15. The molecule has 122 valence electrons. The van der Waals surface area contributed by atoms with Gasteiger partial charge in [0.2, 0.25) is 0 Å². The summed E-state index contributed by atoms with van der Waals surface area (Å²) < 4.78 is 0. The first-order valence-corrected chi connectivity index (χ1v) is 8.46. The number of hydrogen-bond donors (Lipinski definition) is 1. The van der Waals surface area contributed by atoms with Crippen molar-refractivity contribution in [2.45, 2.75) is 33.6 Å². The van der Waals surface area contributed by atoms with Crippen LogP contribution in [0.1, 0.15) is 39.6 Å². The molecular weight excluding hydrogens is 314 g/mol. The monoisotopic (exact) mass is 333 g/mol. The zero-order valence-electron chi connectivity index (χ0n) is 13.4. The minimum atomic E-state index is -0.767. The summed E-state index contributed by atoms with van der Waals surface area (Å²) in [5, 5.41) is 10.0. The number of aromatic nitrogens is 2. The maximum absolute atomic E-state index is 12.8. The van der Waals surface area contributed by atoms with Gasteiger partial charge in [0.15, 0.2) is 0 Å². The second kappa shape index (κ2) is 5.88. The molecule has 1 N–H and O–H groups in total. The van der Waals surface area contributed by atoms with E-state index in [1.54, 1.807) is 4.90 Å². The number of carboxylic acids is 1. The standard InChI is InChI=1S/C16H19N3O3S/c1-8-12-9(2)17-10(3)18-14(12)23-13(8)15(20)19-6-4-11(5-7-19)16(21)22/h11H,4-7H2,1-3H3,(H,21,22). The molecule has 3 rings (SSSR count). The smallest absolute Gasteiger partial charge is 0.306 e. The van der Waals surface area contributed by atoms with Gasteiger partial charge in [-0.2, -0.15) is 0 Å². The largest absolute Gasteiger partial charge is 0.481 e. The number of carbonyl (C=O) groups excluding carboxylic acids is 1. The predicted molar refractivity (Wildman–Crippen MR) is 87.9 cm³/mol. The number of fused-ring (bicyclic) bond motifs is 1. The Hall–Kier alpha value is -2.02. The number of hydrogen-bond acceptors (Lipinski definition) is 5. The van der Waals surface area contributed by atoms with E-state index < -0.39 is 5.97 Å². The lowest BCUT2D eigenvalue weighted by Crippen LogP contribution is -2.40. The number of nitrogens with zero attached hydrogens (tertiary/aromatic N) is 3. The average molecular weight is 333 g/mol. The first-order chi connectivity index (χ1) is 10.9. The summed E-state index contributed by atoms with van der Waals surface area (Å²) in [7, 11) is 0. The lowest BCUT2D eigenvalue weighted by Gasteiger charge is -2.29. The van der Waals surface area contributed by atoms with E-state index >= 15 is 0 Å². The van der Waals surface area contributed by atoms with Crippen LogP contribution in [0.25, 0.3) is 10.2 Å². The highest BCUT2D eigenvalue weighted by Crippen LogP contribution is 2.32. The summed E-state index contributed by atoms with van der Waals surface area (Å²) in [5.74, 6) is -0.418. The van der Waals surface area contributed by atoms with Gasteiger partial charge < -0.3 is 10.0 Å². The third kappa shape index (κ3) is 2.81. The minimum Gasteiger partial charge on any atom is -0.481 e. The van der Waals surface area contributed by atoms with Crippen molar-refractivity contribution in [3.63, 3.8) is 0 Å². The molecule has 0 bridgehead atoms. The number of thiophene rings is 1. The summed E-state index contributed by atoms with van der Waals surface area (Å²) in [5.41, 5.74) is 1.82. The van der Waals surface area contributed by atoms with Crippen LogP contribution >= 0.6 is 11.3 Å². The highest BCUT2D eigenvalue weighted by Gasteiger charge is 2.29. The lowest BCUT2D eigenvalue weighted by atomic mass is 9.97. The summed E-state index contributed by atoms with van der Waals surface area (Å²) in [6.07, 6.45) is 1.03. The van der Waals surface area contributed by atoms with Crippen LogP contribution in [-0.4, -0.2) is 44.9 Å². The second-order valence-electron chi connectivity index (χ2n) is 6.00. The normalized spacial score (nSPS) is 16.0. The molecule has 0 saturated carbocycles. The molecule has 7 heteroatoms. The Labute approximate surface area is 138 Å². The number of aryl methyl sites for hydroxylation is 3. The zero-order chi connectivity index (χ0) is 16.7. The molecule has 1 saturated heterocycles. The Morgan fingerprint density at radius 1 is 1.17 bits per heavy atom. The molecule has 0 spiro atoms. The maximum Gasteiger partial charge on any atom is 0.306 e. The van der Waals surface area contributed by atoms with Crippen molar-refractivity contribution in [3.05, 3.63) is 22.0 Å². The number of carboxylic acid groups (broad SMARTS) is 1. The first-order valence-electron chi connectivity index (χ1n) is 7.65. The van der Waals surface area contributed by atoms with E-state index in [-0.39, 0.29) is 11.8 Å². The van der Waals surface area contributed by atoms with Gasteiger partial charge in [-0.3, -0.25) is 9.59 Å². The topological polar surface area (TPSA) is 83.4 Å². The van der Waals surface area contributed by atoms with E-state index in [4.69, 9.17) is 5.11 Å². The van der Waals surface area contributed by atoms with E-state index in [1.165, 1.54) is 11.3 Å². The highest BCUT2D eigenvalue weighted by atomic mass is 32.1. The van der Waals surface area contributed by atoms with Gasteiger partial charge in [0.25, 0.3) is 5.91 Å². The summed E-state index contributed by atoms with van der Waals surface area (Å²) in [6.45, 7) is 6.70. The highest BCUT2D eigenvalue weighted by molar-refractivity contribution is 7.20. The average Bonchev–Trinajstić information content (AvgIpc) is 2.83. The molecule has 1 aliphatic heterocycles. The van der Waals surface area contributed by atoms with E-state index in [9.17, 15) is 9.59 Å². The van der Waals surface area contributed by atoms with Crippen molar-refractivity contribution in [1.82, 2.24) is 14.9 Å². The van der Waals surface area contributed by atoms with E-state index in [0.717, 1.165) is 21.5 Å². The van der Waals surface area contributed by atoms with Crippen LogP contribution in [0.4, 0.5) is 0 Å². The van der Waals surface area contributed by atoms with Gasteiger partial charge >= 0.3 is 5.97 Å². The number of amides is 1. The fourth-order valence-corrected chi connectivity index (χ4v) is 4.40. The molecule has 1 aliphatic rings. The molecule has 3 heterocycles. The number of likely N-dealkylation sites (tertiary alicyclic amines) is 1. The van der Waals surface area contributed by atoms with Gasteiger partial charge in [0.1, 0.15) is 10.7 Å². The van der Waals surface area contributed by atoms with Crippen LogP contribution in [0, 0.1) is 26.7 Å². The SMILES string of the molecule is Cc1nc(C)c2c(C)c(C(=O)N3CCC(C(=O)O)CC3)sc2n1. The van der Waals surface area contributed by atoms with E-state index in [1.807, 2.05) is 20.8 Å². The molecule has 6 nitrogen and oxygen atoms in total. The quantitative estimate of drug-likeness (QED) is 0.913. The maximum atomic E-state index is 12.8. The summed E-state index contributed by atoms with van der Waals surface area (Å²) >= 11 is 1.40. The minimum absolute atomic E-state index is 0.0219. The molecule has 0 unspecified atom stereocenters. The molecule has 23 heavy (non-hydrogen) atoms. The molecule has 0 aliphatic carbocycles. The number of rotatable bonds is 2. The molecule has 0 atom stereocenters. The van der Waals surface area contributed by atoms with Crippen LogP contribution in [0.3, 0.4) is 0 Å². The van der Waals surface area contributed by atoms with Crippen LogP contribution in [0.15, 0.2) is 0 Å². The van der Waals surface area contributed by atoms with Gasteiger partial charge in [-0.1, -0.05) is 0 Å². The third-order valence-corrected chi connectivity index (χ3v) is 5.58. The molecule has 1 amide bonds. The third-order valence-electron chi connectivity index (χ3n) is 4.41. The second-order valence-corrected chi connectivity index (χ2v) is 7.00. The van der Waals surface area contributed by atoms with Crippen LogP contribution in [0.5, 0.6) is 0 Å². The van der Waals surface area contributed by atoms with Crippen molar-refractivity contribution in [3.8, 4) is 0 Å². The predicted octanol–water partition coefficient (Wildman–Crippen LogP) is 2.55. The molecule has 2 aromatic rings. The lowest BCUT2D eigenvalue weighted by molar-refractivity contribution is -0.143. The van der Waals surface area contributed by atoms with Gasteiger partial charge in [-0.05, 0) is 39.2 Å². The summed E-state index contributed by atoms with van der Waals surface area (Å²) in [4.78, 5) is 35.9. The number of piperidine rings is 1. The number of aliphatic carboxylic acids is 1. The van der Waals surface area contributed by atoms with Crippen LogP contribution in [0.2, 0.25) is 0 Å². The first kappa shape index (κ1) is 15.9. The van der Waals surface area contributed by atoms with Crippen LogP contribution in [-0.2, 0) is 4.79 Å². The molecule has 0 aromatic carbocycles. The Morgan fingerprint density at radius 3 is 2.43 bits per heavy atom. The van der Waals surface area contributed by atoms with Gasteiger partial charge in [-0.15, -0.1) is 11.3 Å². The molecule has 1 fully saturated rings.